The van der Waals surface area contributed by atoms with Crippen LogP contribution in [0.1, 0.15) is 132 Å². The van der Waals surface area contributed by atoms with Gasteiger partial charge >= 0.3 is 0 Å². The number of fused-ring (bicyclic) bond motifs is 3. The van der Waals surface area contributed by atoms with Crippen LogP contribution in [0.15, 0.2) is 72.8 Å². The molecule has 238 valence electrons. The molecule has 0 spiro atoms. The van der Waals surface area contributed by atoms with Crippen LogP contribution in [0, 0.1) is 0 Å². The van der Waals surface area contributed by atoms with Crippen molar-refractivity contribution in [1.82, 2.24) is 4.57 Å². The highest BCUT2D eigenvalue weighted by molar-refractivity contribution is 6.10. The molecule has 5 rings (SSSR count). The number of aromatic nitrogens is 1. The molecule has 0 amide bonds. The van der Waals surface area contributed by atoms with Crippen molar-refractivity contribution in [3.63, 3.8) is 0 Å². The highest BCUT2D eigenvalue weighted by Crippen LogP contribution is 2.44. The Hall–Kier alpha value is -3.32. The van der Waals surface area contributed by atoms with Gasteiger partial charge < -0.3 is 4.57 Å². The second-order valence-corrected chi connectivity index (χ2v) is 18.5. The lowest BCUT2D eigenvalue weighted by Gasteiger charge is -2.30. The smallest absolute Gasteiger partial charge is 0.0544 e. The van der Waals surface area contributed by atoms with Crippen LogP contribution in [0.5, 0.6) is 0 Å². The molecule has 1 heteroatoms. The Labute approximate surface area is 274 Å². The first kappa shape index (κ1) is 33.1. The second-order valence-electron chi connectivity index (χ2n) is 18.5. The van der Waals surface area contributed by atoms with Crippen LogP contribution in [0.4, 0.5) is 0 Å². The van der Waals surface area contributed by atoms with Crippen LogP contribution in [0.2, 0.25) is 0 Å². The maximum atomic E-state index is 2.58. The SMILES string of the molecule is CC(C)(C)c1cc(-c2cccc(-n3c4cc(C(C)(C)C)ccc4c4ccc(C(C)(C)C)cc43)c2C(C)(C)C)cc(C(C)(C)C)c1. The van der Waals surface area contributed by atoms with Crippen molar-refractivity contribution in [2.24, 2.45) is 0 Å². The number of nitrogens with zero attached hydrogens (tertiary/aromatic N) is 1. The van der Waals surface area contributed by atoms with Gasteiger partial charge in [-0.2, -0.15) is 0 Å². The lowest BCUT2D eigenvalue weighted by Crippen LogP contribution is -2.19. The summed E-state index contributed by atoms with van der Waals surface area (Å²) in [6, 6.07) is 28.6. The van der Waals surface area contributed by atoms with Gasteiger partial charge in [-0.1, -0.05) is 158 Å². The van der Waals surface area contributed by atoms with Crippen molar-refractivity contribution in [1.29, 1.82) is 0 Å². The molecule has 0 radical (unpaired) electrons. The Bertz CT molecular complexity index is 1790. The van der Waals surface area contributed by atoms with Crippen LogP contribution >= 0.6 is 0 Å². The van der Waals surface area contributed by atoms with Crippen molar-refractivity contribution in [2.45, 2.75) is 131 Å². The minimum atomic E-state index is -0.0995. The monoisotopic (exact) mass is 599 g/mol. The van der Waals surface area contributed by atoms with Gasteiger partial charge in [0, 0.05) is 10.8 Å². The highest BCUT2D eigenvalue weighted by Gasteiger charge is 2.29. The molecule has 4 aromatic carbocycles. The number of hydrogen-bond donors (Lipinski definition) is 0. The summed E-state index contributed by atoms with van der Waals surface area (Å²) in [6.07, 6.45) is 0. The van der Waals surface area contributed by atoms with Crippen molar-refractivity contribution < 1.29 is 0 Å². The van der Waals surface area contributed by atoms with E-state index in [4.69, 9.17) is 0 Å². The van der Waals surface area contributed by atoms with E-state index in [1.54, 1.807) is 0 Å². The molecule has 1 aromatic heterocycles. The van der Waals surface area contributed by atoms with E-state index in [1.165, 1.54) is 66.4 Å². The summed E-state index contributed by atoms with van der Waals surface area (Å²) >= 11 is 0. The molecule has 0 aliphatic rings. The van der Waals surface area contributed by atoms with Gasteiger partial charge in [0.2, 0.25) is 0 Å². The van der Waals surface area contributed by atoms with Gasteiger partial charge in [-0.25, -0.2) is 0 Å². The molecule has 0 fully saturated rings. The summed E-state index contributed by atoms with van der Waals surface area (Å²) in [7, 11) is 0. The van der Waals surface area contributed by atoms with Gasteiger partial charge in [0.25, 0.3) is 0 Å². The van der Waals surface area contributed by atoms with Gasteiger partial charge in [-0.3, -0.25) is 0 Å². The quantitative estimate of drug-likeness (QED) is 0.190. The van der Waals surface area contributed by atoms with E-state index in [0.717, 1.165) is 0 Å². The summed E-state index contributed by atoms with van der Waals surface area (Å²) in [5.41, 5.74) is 13.5. The maximum absolute atomic E-state index is 2.58. The van der Waals surface area contributed by atoms with Gasteiger partial charge in [0.15, 0.2) is 0 Å². The van der Waals surface area contributed by atoms with E-state index in [-0.39, 0.29) is 27.1 Å². The highest BCUT2D eigenvalue weighted by atomic mass is 15.0. The molecule has 0 aliphatic heterocycles. The zero-order valence-electron chi connectivity index (χ0n) is 30.9. The minimum Gasteiger partial charge on any atom is -0.309 e. The molecule has 0 unspecified atom stereocenters. The number of hydrogen-bond acceptors (Lipinski definition) is 0. The second kappa shape index (κ2) is 10.6. The molecule has 0 atom stereocenters. The first-order valence-corrected chi connectivity index (χ1v) is 16.9. The molecule has 0 bridgehead atoms. The van der Waals surface area contributed by atoms with E-state index < -0.39 is 0 Å². The van der Waals surface area contributed by atoms with Crippen molar-refractivity contribution >= 4 is 21.8 Å². The van der Waals surface area contributed by atoms with Gasteiger partial charge in [-0.15, -0.1) is 0 Å². The van der Waals surface area contributed by atoms with Gasteiger partial charge in [-0.05, 0) is 84.2 Å². The van der Waals surface area contributed by atoms with Crippen LogP contribution in [-0.2, 0) is 27.1 Å². The third-order valence-electron chi connectivity index (χ3n) is 9.51. The first-order valence-electron chi connectivity index (χ1n) is 16.9. The van der Waals surface area contributed by atoms with Gasteiger partial charge in [0.05, 0.1) is 16.7 Å². The molecular formula is C44H57N. The molecule has 0 saturated heterocycles. The predicted octanol–water partition coefficient (Wildman–Crippen LogP) is 12.9. The van der Waals surface area contributed by atoms with Crippen LogP contribution in [0.25, 0.3) is 38.6 Å². The Morgan fingerprint density at radius 2 is 0.822 bits per heavy atom. The van der Waals surface area contributed by atoms with E-state index >= 15 is 0 Å². The lowest BCUT2D eigenvalue weighted by atomic mass is 9.76. The molecule has 0 saturated carbocycles. The molecule has 0 aliphatic carbocycles. The van der Waals surface area contributed by atoms with E-state index in [1.807, 2.05) is 0 Å². The zero-order valence-corrected chi connectivity index (χ0v) is 30.9. The third kappa shape index (κ3) is 6.25. The predicted molar refractivity (Wildman–Crippen MR) is 200 cm³/mol. The normalized spacial score (nSPS) is 13.7. The van der Waals surface area contributed by atoms with Crippen LogP contribution < -0.4 is 0 Å². The van der Waals surface area contributed by atoms with Crippen molar-refractivity contribution in [2.75, 3.05) is 0 Å². The molecule has 1 nitrogen and oxygen atoms in total. The molecule has 1 heterocycles. The number of benzene rings is 4. The topological polar surface area (TPSA) is 4.93 Å². The zero-order chi connectivity index (χ0) is 33.5. The van der Waals surface area contributed by atoms with E-state index in [0.29, 0.717) is 0 Å². The number of rotatable bonds is 2. The van der Waals surface area contributed by atoms with Crippen molar-refractivity contribution in [3.8, 4) is 16.8 Å². The summed E-state index contributed by atoms with van der Waals surface area (Å²) in [6.45, 7) is 35.0. The van der Waals surface area contributed by atoms with E-state index in [2.05, 4.69) is 181 Å². The fourth-order valence-corrected chi connectivity index (χ4v) is 6.62. The Kier molecular flexibility index (Phi) is 7.80. The average Bonchev–Trinajstić information content (AvgIpc) is 3.23. The van der Waals surface area contributed by atoms with Crippen LogP contribution in [0.3, 0.4) is 0 Å². The molecule has 5 aromatic rings. The Balaban J connectivity index is 1.96. The largest absolute Gasteiger partial charge is 0.309 e. The van der Waals surface area contributed by atoms with E-state index in [9.17, 15) is 0 Å². The van der Waals surface area contributed by atoms with Crippen LogP contribution in [-0.4, -0.2) is 4.57 Å². The molecule has 0 N–H and O–H groups in total. The summed E-state index contributed by atoms with van der Waals surface area (Å²) < 4.78 is 2.58. The molecule has 45 heavy (non-hydrogen) atoms. The minimum absolute atomic E-state index is 0.0507. The average molecular weight is 600 g/mol. The fourth-order valence-electron chi connectivity index (χ4n) is 6.62. The Morgan fingerprint density at radius 3 is 1.20 bits per heavy atom. The maximum Gasteiger partial charge on any atom is 0.0544 e. The Morgan fingerprint density at radius 1 is 0.400 bits per heavy atom. The summed E-state index contributed by atoms with van der Waals surface area (Å²) in [4.78, 5) is 0. The third-order valence-corrected chi connectivity index (χ3v) is 9.51. The standard InChI is InChI=1S/C44H57N/c1-40(2,3)29-19-21-34-35-22-20-30(41(4,5)6)27-38(35)45(37(34)26-29)36-18-16-17-33(39(36)44(13,14)15)28-23-31(42(7,8)9)25-32(24-28)43(10,11)12/h16-27H,1-15H3. The summed E-state index contributed by atoms with van der Waals surface area (Å²) in [5, 5.41) is 2.63. The first-order chi connectivity index (χ1) is 20.5. The lowest BCUT2D eigenvalue weighted by molar-refractivity contribution is 0.568. The van der Waals surface area contributed by atoms with Gasteiger partial charge in [0.1, 0.15) is 0 Å². The molecular weight excluding hydrogens is 542 g/mol. The van der Waals surface area contributed by atoms with Crippen molar-refractivity contribution in [3.05, 3.63) is 101 Å². The fraction of sp³-hybridized carbons (Fsp3) is 0.455. The summed E-state index contributed by atoms with van der Waals surface area (Å²) in [5.74, 6) is 0.